The normalized spacial score (nSPS) is 14.7. The summed E-state index contributed by atoms with van der Waals surface area (Å²) >= 11 is 1.67. The molecule has 2 aromatic carbocycles. The standard InChI is InChI=1S/C24H20N3S.C15H28O2.Ir/c1-2-6-16(7-3-1)20-15-18(14-17-8-4-5-9-19(17)20)23-24-21(10-12-25-23)27-22(26-24)11-13-28-27;1-7-14(5,8-2)12(16)11-13(17)15(6,9-3)10-4;/h4-5,8-13,15-16H,1-3,6-7H2;11,16H,7-10H2,1-6H3;/q-1;;/b;12-11-;. The molecule has 0 atom stereocenters. The van der Waals surface area contributed by atoms with Crippen molar-refractivity contribution < 1.29 is 30.0 Å². The first kappa shape index (κ1) is 36.0. The molecule has 5 aromatic rings. The fourth-order valence-electron chi connectivity index (χ4n) is 6.39. The van der Waals surface area contributed by atoms with Gasteiger partial charge in [0, 0.05) is 54.3 Å². The van der Waals surface area contributed by atoms with Crippen molar-refractivity contribution in [2.45, 2.75) is 105 Å². The number of imidazole rings is 1. The second kappa shape index (κ2) is 15.4. The van der Waals surface area contributed by atoms with Crippen LogP contribution in [-0.2, 0) is 24.9 Å². The van der Waals surface area contributed by atoms with E-state index < -0.39 is 0 Å². The number of hydrogen-bond donors (Lipinski definition) is 1. The van der Waals surface area contributed by atoms with Crippen molar-refractivity contribution in [2.75, 3.05) is 0 Å². The molecule has 0 spiro atoms. The van der Waals surface area contributed by atoms with Gasteiger partial charge in [-0.15, -0.1) is 29.1 Å². The van der Waals surface area contributed by atoms with E-state index in [0.29, 0.717) is 5.92 Å². The Morgan fingerprint density at radius 3 is 2.35 bits per heavy atom. The van der Waals surface area contributed by atoms with Crippen LogP contribution < -0.4 is 0 Å². The minimum Gasteiger partial charge on any atom is -0.512 e. The molecule has 1 aliphatic carbocycles. The Morgan fingerprint density at radius 1 is 1.00 bits per heavy atom. The summed E-state index contributed by atoms with van der Waals surface area (Å²) in [7, 11) is 0. The maximum absolute atomic E-state index is 12.2. The van der Waals surface area contributed by atoms with Crippen LogP contribution in [0, 0.1) is 16.9 Å². The van der Waals surface area contributed by atoms with Crippen LogP contribution in [0.5, 0.6) is 0 Å². The van der Waals surface area contributed by atoms with Gasteiger partial charge in [-0.05, 0) is 56.6 Å². The zero-order valence-electron chi connectivity index (χ0n) is 28.2. The van der Waals surface area contributed by atoms with Crippen LogP contribution in [0.3, 0.4) is 0 Å². The van der Waals surface area contributed by atoms with Crippen molar-refractivity contribution >= 4 is 44.8 Å². The number of carbonyl (C=O) groups is 1. The van der Waals surface area contributed by atoms with E-state index in [2.05, 4.69) is 57.7 Å². The summed E-state index contributed by atoms with van der Waals surface area (Å²) in [6.45, 7) is 12.1. The zero-order valence-corrected chi connectivity index (χ0v) is 31.4. The molecule has 1 N–H and O–H groups in total. The molecule has 0 amide bonds. The predicted octanol–water partition coefficient (Wildman–Crippen LogP) is 11.3. The van der Waals surface area contributed by atoms with Gasteiger partial charge in [-0.1, -0.05) is 101 Å². The number of allylic oxidation sites excluding steroid dienone is 2. The van der Waals surface area contributed by atoms with Gasteiger partial charge in [0.25, 0.3) is 0 Å². The molecule has 0 saturated heterocycles. The molecule has 0 unspecified atom stereocenters. The third-order valence-corrected chi connectivity index (χ3v) is 11.5. The molecule has 1 saturated carbocycles. The van der Waals surface area contributed by atoms with E-state index in [1.165, 1.54) is 54.5 Å². The monoisotopic (exact) mass is 815 g/mol. The first-order valence-electron chi connectivity index (χ1n) is 16.8. The Labute approximate surface area is 292 Å². The van der Waals surface area contributed by atoms with Gasteiger partial charge < -0.3 is 5.11 Å². The number of aliphatic hydroxyl groups excluding tert-OH is 1. The van der Waals surface area contributed by atoms with Gasteiger partial charge in [0.2, 0.25) is 0 Å². The van der Waals surface area contributed by atoms with Crippen LogP contribution in [0.15, 0.2) is 65.9 Å². The van der Waals surface area contributed by atoms with Crippen molar-refractivity contribution in [3.63, 3.8) is 0 Å². The molecular weight excluding hydrogens is 767 g/mol. The minimum absolute atomic E-state index is 0. The van der Waals surface area contributed by atoms with Crippen LogP contribution in [-0.4, -0.2) is 24.6 Å². The van der Waals surface area contributed by atoms with Crippen LogP contribution in [0.25, 0.3) is 38.7 Å². The Hall–Kier alpha value is -2.86. The smallest absolute Gasteiger partial charge is 0.164 e. The number of fused-ring (bicyclic) bond motifs is 4. The second-order valence-corrected chi connectivity index (χ2v) is 14.0. The van der Waals surface area contributed by atoms with Gasteiger partial charge in [-0.25, -0.2) is 8.77 Å². The van der Waals surface area contributed by atoms with Crippen LogP contribution >= 0.6 is 11.5 Å². The van der Waals surface area contributed by atoms with Gasteiger partial charge in [0.05, 0.1) is 11.0 Å². The number of nitrogens with zero attached hydrogens (tertiary/aromatic N) is 3. The van der Waals surface area contributed by atoms with E-state index in [0.717, 1.165) is 53.6 Å². The number of aliphatic hydroxyl groups is 1. The molecule has 0 bridgehead atoms. The average Bonchev–Trinajstić information content (AvgIpc) is 3.69. The van der Waals surface area contributed by atoms with Gasteiger partial charge in [0.1, 0.15) is 11.4 Å². The Bertz CT molecular complexity index is 1810. The molecule has 1 aliphatic rings. The van der Waals surface area contributed by atoms with E-state index in [1.807, 2.05) is 47.7 Å². The molecule has 3 aromatic heterocycles. The average molecular weight is 815 g/mol. The Morgan fingerprint density at radius 2 is 1.67 bits per heavy atom. The molecule has 1 radical (unpaired) electrons. The first-order chi connectivity index (χ1) is 21.7. The van der Waals surface area contributed by atoms with E-state index >= 15 is 0 Å². The number of rotatable bonds is 9. The molecule has 46 heavy (non-hydrogen) atoms. The van der Waals surface area contributed by atoms with Crippen LogP contribution in [0.1, 0.15) is 111 Å². The molecular formula is C39H48IrN3O2S-. The van der Waals surface area contributed by atoms with Crippen molar-refractivity contribution in [3.05, 3.63) is 77.5 Å². The summed E-state index contributed by atoms with van der Waals surface area (Å²) in [5, 5.41) is 14.7. The molecule has 6 rings (SSSR count). The van der Waals surface area contributed by atoms with Crippen molar-refractivity contribution in [2.24, 2.45) is 10.8 Å². The largest absolute Gasteiger partial charge is 0.512 e. The van der Waals surface area contributed by atoms with Gasteiger partial charge in [-0.2, -0.15) is 0 Å². The second-order valence-electron chi connectivity index (χ2n) is 13.1. The van der Waals surface area contributed by atoms with Crippen molar-refractivity contribution in [1.29, 1.82) is 0 Å². The topological polar surface area (TPSA) is 67.5 Å². The number of hydrogen-bond acceptors (Lipinski definition) is 5. The van der Waals surface area contributed by atoms with Crippen LogP contribution in [0.4, 0.5) is 0 Å². The maximum Gasteiger partial charge on any atom is 0.164 e. The fraction of sp³-hybridized carbons (Fsp3) is 0.462. The molecule has 247 valence electrons. The van der Waals surface area contributed by atoms with Gasteiger partial charge in [0.15, 0.2) is 5.78 Å². The Kier molecular flexibility index (Phi) is 12.0. The van der Waals surface area contributed by atoms with E-state index in [1.54, 1.807) is 11.5 Å². The SMILES string of the molecule is CCC(C)(CC)C(=O)/C=C(\O)C(C)(CC)CC.[Ir].[c-]1c(-c2nccc3c2nc2ccsn23)cc(C2CCCCC2)c2ccccc12. The summed E-state index contributed by atoms with van der Waals surface area (Å²) in [5.74, 6) is 0.922. The van der Waals surface area contributed by atoms with Crippen molar-refractivity contribution in [3.8, 4) is 11.3 Å². The van der Waals surface area contributed by atoms with Crippen LogP contribution in [0.2, 0.25) is 0 Å². The summed E-state index contributed by atoms with van der Waals surface area (Å²) in [5.41, 5.74) is 5.94. The number of pyridine rings is 1. The minimum atomic E-state index is -0.337. The summed E-state index contributed by atoms with van der Waals surface area (Å²) in [6.07, 6.45) is 13.2. The molecule has 5 nitrogen and oxygen atoms in total. The predicted molar refractivity (Wildman–Crippen MR) is 189 cm³/mol. The first-order valence-corrected chi connectivity index (χ1v) is 17.6. The Balaban J connectivity index is 0.000000234. The van der Waals surface area contributed by atoms with E-state index in [9.17, 15) is 9.90 Å². The molecule has 0 aliphatic heterocycles. The maximum atomic E-state index is 12.2. The molecule has 7 heteroatoms. The number of ketones is 1. The summed E-state index contributed by atoms with van der Waals surface area (Å²) < 4.78 is 2.17. The number of aromatic nitrogens is 3. The third-order valence-electron chi connectivity index (χ3n) is 10.6. The fourth-order valence-corrected chi connectivity index (χ4v) is 7.16. The molecule has 1 fully saturated rings. The third kappa shape index (κ3) is 7.17. The van der Waals surface area contributed by atoms with Crippen molar-refractivity contribution in [1.82, 2.24) is 13.8 Å². The summed E-state index contributed by atoms with van der Waals surface area (Å²) in [4.78, 5) is 21.8. The van der Waals surface area contributed by atoms with Gasteiger partial charge in [-0.3, -0.25) is 9.78 Å². The van der Waals surface area contributed by atoms with E-state index in [-0.39, 0.29) is 42.5 Å². The van der Waals surface area contributed by atoms with Gasteiger partial charge >= 0.3 is 0 Å². The summed E-state index contributed by atoms with van der Waals surface area (Å²) in [6, 6.07) is 18.8. The zero-order chi connectivity index (χ0) is 32.2. The number of carbonyl (C=O) groups excluding carboxylic acids is 1. The number of benzene rings is 2. The van der Waals surface area contributed by atoms with E-state index in [4.69, 9.17) is 9.97 Å². The quantitative estimate of drug-likeness (QED) is 0.0914. The molecule has 3 heterocycles.